The topological polar surface area (TPSA) is 53.0 Å². The van der Waals surface area contributed by atoms with Gasteiger partial charge in [0, 0.05) is 25.7 Å². The minimum Gasteiger partial charge on any atom is -0.491 e. The van der Waals surface area contributed by atoms with Gasteiger partial charge in [0.2, 0.25) is 0 Å². The molecule has 0 radical (unpaired) electrons. The van der Waals surface area contributed by atoms with Gasteiger partial charge in [0.1, 0.15) is 18.2 Å². The van der Waals surface area contributed by atoms with Gasteiger partial charge in [-0.05, 0) is 24.3 Å². The molecule has 5 nitrogen and oxygen atoms in total. The van der Waals surface area contributed by atoms with Crippen molar-refractivity contribution in [2.24, 2.45) is 0 Å². The monoisotopic (exact) mass is 364 g/mol. The Kier molecular flexibility index (Phi) is 5.28. The second-order valence-corrected chi connectivity index (χ2v) is 6.20. The Bertz CT molecular complexity index is 759. The molecule has 7 heteroatoms. The number of rotatable bonds is 4. The molecule has 1 amide bonds. The molecule has 2 aromatic carbocycles. The second-order valence-electron chi connectivity index (χ2n) is 5.80. The Morgan fingerprint density at radius 3 is 2.76 bits per heavy atom. The molecule has 3 rings (SSSR count). The number of hydrogen-bond acceptors (Lipinski definition) is 3. The first-order valence-corrected chi connectivity index (χ1v) is 8.30. The summed E-state index contributed by atoms with van der Waals surface area (Å²) in [6.45, 7) is 1.48. The normalized spacial score (nSPS) is 17.4. The van der Waals surface area contributed by atoms with Crippen molar-refractivity contribution >= 4 is 23.4 Å². The summed E-state index contributed by atoms with van der Waals surface area (Å²) in [7, 11) is 0. The maximum absolute atomic E-state index is 13.3. The van der Waals surface area contributed by atoms with Gasteiger partial charge in [-0.25, -0.2) is 9.18 Å². The highest BCUT2D eigenvalue weighted by Crippen LogP contribution is 2.27. The number of benzene rings is 2. The predicted molar refractivity (Wildman–Crippen MR) is 94.1 cm³/mol. The molecule has 1 N–H and O–H groups in total. The average Bonchev–Trinajstić information content (AvgIpc) is 2.60. The third-order valence-electron chi connectivity index (χ3n) is 4.16. The molecule has 1 aliphatic rings. The van der Waals surface area contributed by atoms with E-state index in [2.05, 4.69) is 0 Å². The average molecular weight is 365 g/mol. The Morgan fingerprint density at radius 2 is 2.04 bits per heavy atom. The summed E-state index contributed by atoms with van der Waals surface area (Å²) in [5, 5.41) is 10.0. The molecule has 0 saturated carbocycles. The Morgan fingerprint density at radius 1 is 1.24 bits per heavy atom. The van der Waals surface area contributed by atoms with Gasteiger partial charge in [-0.3, -0.25) is 4.90 Å². The predicted octanol–water partition coefficient (Wildman–Crippen LogP) is 3.73. The lowest BCUT2D eigenvalue weighted by molar-refractivity contribution is 0.0965. The third-order valence-corrected chi connectivity index (χ3v) is 4.48. The highest BCUT2D eigenvalue weighted by atomic mass is 35.5. The van der Waals surface area contributed by atoms with Crippen LogP contribution in [0.3, 0.4) is 0 Å². The van der Waals surface area contributed by atoms with E-state index in [0.29, 0.717) is 30.4 Å². The molecule has 0 bridgehead atoms. The molecule has 0 spiro atoms. The molecule has 1 aliphatic heterocycles. The van der Waals surface area contributed by atoms with Crippen LogP contribution in [0.15, 0.2) is 48.5 Å². The Labute approximate surface area is 150 Å². The van der Waals surface area contributed by atoms with Crippen molar-refractivity contribution in [2.75, 3.05) is 31.1 Å². The first-order chi connectivity index (χ1) is 12.0. The molecule has 25 heavy (non-hydrogen) atoms. The molecule has 1 unspecified atom stereocenters. The maximum Gasteiger partial charge on any atom is 0.407 e. The summed E-state index contributed by atoms with van der Waals surface area (Å²) in [6.07, 6.45) is -0.994. The maximum atomic E-state index is 13.3. The first kappa shape index (κ1) is 17.4. The fraction of sp³-hybridized carbons (Fsp3) is 0.278. The zero-order chi connectivity index (χ0) is 17.8. The van der Waals surface area contributed by atoms with Gasteiger partial charge in [0.25, 0.3) is 0 Å². The van der Waals surface area contributed by atoms with Crippen molar-refractivity contribution < 1.29 is 19.0 Å². The molecule has 132 valence electrons. The Hall–Kier alpha value is -2.47. The lowest BCUT2D eigenvalue weighted by Gasteiger charge is -2.41. The molecule has 2 aromatic rings. The van der Waals surface area contributed by atoms with Crippen molar-refractivity contribution in [3.63, 3.8) is 0 Å². The van der Waals surface area contributed by atoms with Crippen molar-refractivity contribution in [1.82, 2.24) is 4.90 Å². The molecule has 1 heterocycles. The van der Waals surface area contributed by atoms with Crippen LogP contribution in [0.1, 0.15) is 0 Å². The van der Waals surface area contributed by atoms with Crippen LogP contribution in [0.4, 0.5) is 14.9 Å². The molecule has 1 fully saturated rings. The molecular formula is C18H18ClFN2O3. The van der Waals surface area contributed by atoms with E-state index in [-0.39, 0.29) is 12.6 Å². The number of ether oxygens (including phenoxy) is 1. The summed E-state index contributed by atoms with van der Waals surface area (Å²) in [6, 6.07) is 12.9. The fourth-order valence-corrected chi connectivity index (χ4v) is 3.18. The second kappa shape index (κ2) is 7.61. The van der Waals surface area contributed by atoms with Crippen LogP contribution in [-0.2, 0) is 0 Å². The van der Waals surface area contributed by atoms with Crippen LogP contribution < -0.4 is 9.64 Å². The van der Waals surface area contributed by atoms with Crippen LogP contribution in [-0.4, -0.2) is 48.4 Å². The third kappa shape index (κ3) is 4.14. The highest BCUT2D eigenvalue weighted by molar-refractivity contribution is 6.33. The van der Waals surface area contributed by atoms with Gasteiger partial charge in [-0.1, -0.05) is 29.8 Å². The van der Waals surface area contributed by atoms with Gasteiger partial charge < -0.3 is 14.7 Å². The largest absolute Gasteiger partial charge is 0.491 e. The van der Waals surface area contributed by atoms with Crippen molar-refractivity contribution in [3.8, 4) is 5.75 Å². The van der Waals surface area contributed by atoms with E-state index in [1.807, 2.05) is 23.1 Å². The number of anilines is 1. The van der Waals surface area contributed by atoms with Crippen LogP contribution in [0.2, 0.25) is 5.02 Å². The van der Waals surface area contributed by atoms with Crippen molar-refractivity contribution in [1.29, 1.82) is 0 Å². The smallest absolute Gasteiger partial charge is 0.407 e. The van der Waals surface area contributed by atoms with E-state index in [0.717, 1.165) is 5.69 Å². The van der Waals surface area contributed by atoms with Crippen molar-refractivity contribution in [3.05, 3.63) is 59.4 Å². The Balaban J connectivity index is 1.73. The molecule has 1 atom stereocenters. The van der Waals surface area contributed by atoms with Gasteiger partial charge in [-0.15, -0.1) is 0 Å². The van der Waals surface area contributed by atoms with Crippen LogP contribution in [0.5, 0.6) is 5.75 Å². The SMILES string of the molecule is O=C(O)N1CCN(c2ccccc2Cl)CC1COc1cccc(F)c1. The lowest BCUT2D eigenvalue weighted by atomic mass is 10.1. The molecular weight excluding hydrogens is 347 g/mol. The van der Waals surface area contributed by atoms with Crippen LogP contribution in [0.25, 0.3) is 0 Å². The van der Waals surface area contributed by atoms with E-state index in [9.17, 15) is 14.3 Å². The first-order valence-electron chi connectivity index (χ1n) is 7.92. The molecule has 0 aliphatic carbocycles. The number of nitrogens with zero attached hydrogens (tertiary/aromatic N) is 2. The summed E-state index contributed by atoms with van der Waals surface area (Å²) in [5.41, 5.74) is 0.866. The van der Waals surface area contributed by atoms with E-state index < -0.39 is 11.9 Å². The lowest BCUT2D eigenvalue weighted by Crippen LogP contribution is -2.57. The number of carboxylic acid groups (broad SMARTS) is 1. The number of hydrogen-bond donors (Lipinski definition) is 1. The highest BCUT2D eigenvalue weighted by Gasteiger charge is 2.31. The van der Waals surface area contributed by atoms with Crippen LogP contribution >= 0.6 is 11.6 Å². The standard InChI is InChI=1S/C18H18ClFN2O3/c19-16-6-1-2-7-17(16)21-8-9-22(18(23)24)14(11-21)12-25-15-5-3-4-13(20)10-15/h1-7,10,14H,8-9,11-12H2,(H,23,24). The number of piperazine rings is 1. The summed E-state index contributed by atoms with van der Waals surface area (Å²) in [5.74, 6) is -0.0193. The van der Waals surface area contributed by atoms with Crippen LogP contribution in [0, 0.1) is 5.82 Å². The minimum absolute atomic E-state index is 0.136. The number of para-hydroxylation sites is 1. The summed E-state index contributed by atoms with van der Waals surface area (Å²) >= 11 is 6.25. The quantitative estimate of drug-likeness (QED) is 0.898. The van der Waals surface area contributed by atoms with E-state index >= 15 is 0 Å². The van der Waals surface area contributed by atoms with Gasteiger partial charge in [0.15, 0.2) is 0 Å². The fourth-order valence-electron chi connectivity index (χ4n) is 2.93. The number of halogens is 2. The van der Waals surface area contributed by atoms with Gasteiger partial charge >= 0.3 is 6.09 Å². The van der Waals surface area contributed by atoms with Crippen molar-refractivity contribution in [2.45, 2.75) is 6.04 Å². The van der Waals surface area contributed by atoms with Gasteiger partial charge in [0.05, 0.1) is 16.8 Å². The molecule has 1 saturated heterocycles. The zero-order valence-corrected chi connectivity index (χ0v) is 14.2. The zero-order valence-electron chi connectivity index (χ0n) is 13.4. The van der Waals surface area contributed by atoms with E-state index in [1.54, 1.807) is 18.2 Å². The molecule has 0 aromatic heterocycles. The van der Waals surface area contributed by atoms with E-state index in [1.165, 1.54) is 17.0 Å². The van der Waals surface area contributed by atoms with Gasteiger partial charge in [-0.2, -0.15) is 0 Å². The number of carbonyl (C=O) groups is 1. The van der Waals surface area contributed by atoms with E-state index in [4.69, 9.17) is 16.3 Å². The number of amides is 1. The minimum atomic E-state index is -0.994. The summed E-state index contributed by atoms with van der Waals surface area (Å²) in [4.78, 5) is 14.9. The summed E-state index contributed by atoms with van der Waals surface area (Å²) < 4.78 is 18.9.